The lowest BCUT2D eigenvalue weighted by Gasteiger charge is -2.30. The quantitative estimate of drug-likeness (QED) is 0.582. The van der Waals surface area contributed by atoms with Gasteiger partial charge in [-0.15, -0.1) is 11.3 Å². The fourth-order valence-corrected chi connectivity index (χ4v) is 5.42. The van der Waals surface area contributed by atoms with Gasteiger partial charge in [0.2, 0.25) is 5.91 Å². The summed E-state index contributed by atoms with van der Waals surface area (Å²) in [5.41, 5.74) is 1.03. The van der Waals surface area contributed by atoms with Gasteiger partial charge in [0, 0.05) is 24.0 Å². The van der Waals surface area contributed by atoms with Gasteiger partial charge in [0.25, 0.3) is 5.56 Å². The average Bonchev–Trinajstić information content (AvgIpc) is 2.87. The highest BCUT2D eigenvalue weighted by atomic mass is 32.2. The number of rotatable bonds is 4. The monoisotopic (exact) mass is 393 g/mol. The van der Waals surface area contributed by atoms with Crippen LogP contribution in [0, 0.1) is 19.8 Å². The Morgan fingerprint density at radius 3 is 2.58 bits per heavy atom. The first-order valence-electron chi connectivity index (χ1n) is 9.22. The SMILES string of the molecule is Cc1sc2nc(SCC(=O)N3CCC(C)CC3)n(C(C)C)c(=O)c2c1C. The topological polar surface area (TPSA) is 55.2 Å². The van der Waals surface area contributed by atoms with E-state index in [4.69, 9.17) is 4.98 Å². The summed E-state index contributed by atoms with van der Waals surface area (Å²) in [5, 5.41) is 1.37. The van der Waals surface area contributed by atoms with Gasteiger partial charge in [0.05, 0.1) is 11.1 Å². The molecule has 0 aromatic carbocycles. The van der Waals surface area contributed by atoms with Crippen molar-refractivity contribution in [3.63, 3.8) is 0 Å². The second kappa shape index (κ2) is 7.72. The number of aryl methyl sites for hydroxylation is 2. The molecule has 0 atom stereocenters. The summed E-state index contributed by atoms with van der Waals surface area (Å²) in [6.07, 6.45) is 2.15. The largest absolute Gasteiger partial charge is 0.342 e. The number of fused-ring (bicyclic) bond motifs is 1. The number of carbonyl (C=O) groups is 1. The number of hydrogen-bond acceptors (Lipinski definition) is 5. The fourth-order valence-electron chi connectivity index (χ4n) is 3.32. The molecule has 3 rings (SSSR count). The van der Waals surface area contributed by atoms with Crippen molar-refractivity contribution >= 4 is 39.2 Å². The van der Waals surface area contributed by atoms with Crippen LogP contribution in [0.2, 0.25) is 0 Å². The maximum absolute atomic E-state index is 13.0. The van der Waals surface area contributed by atoms with Gasteiger partial charge < -0.3 is 4.90 Å². The number of nitrogens with zero attached hydrogens (tertiary/aromatic N) is 3. The Kier molecular flexibility index (Phi) is 5.77. The van der Waals surface area contributed by atoms with Gasteiger partial charge in [-0.2, -0.15) is 0 Å². The van der Waals surface area contributed by atoms with E-state index in [-0.39, 0.29) is 17.5 Å². The van der Waals surface area contributed by atoms with Crippen LogP contribution in [-0.4, -0.2) is 39.2 Å². The van der Waals surface area contributed by atoms with Crippen molar-refractivity contribution in [2.24, 2.45) is 5.92 Å². The third-order valence-electron chi connectivity index (χ3n) is 5.18. The second-order valence-electron chi connectivity index (χ2n) is 7.48. The van der Waals surface area contributed by atoms with Crippen molar-refractivity contribution in [2.45, 2.75) is 58.7 Å². The van der Waals surface area contributed by atoms with Crippen molar-refractivity contribution < 1.29 is 4.79 Å². The number of thiophene rings is 1. The highest BCUT2D eigenvalue weighted by Gasteiger charge is 2.22. The van der Waals surface area contributed by atoms with Crippen LogP contribution in [0.3, 0.4) is 0 Å². The fraction of sp³-hybridized carbons (Fsp3) is 0.632. The molecule has 0 aliphatic carbocycles. The summed E-state index contributed by atoms with van der Waals surface area (Å²) < 4.78 is 1.73. The predicted octanol–water partition coefficient (Wildman–Crippen LogP) is 4.01. The third kappa shape index (κ3) is 3.69. The summed E-state index contributed by atoms with van der Waals surface area (Å²) in [7, 11) is 0. The third-order valence-corrected chi connectivity index (χ3v) is 7.22. The minimum absolute atomic E-state index is 0.00689. The molecule has 0 radical (unpaired) electrons. The van der Waals surface area contributed by atoms with Crippen LogP contribution >= 0.6 is 23.1 Å². The number of carbonyl (C=O) groups excluding carboxylic acids is 1. The van der Waals surface area contributed by atoms with Gasteiger partial charge in [-0.25, -0.2) is 4.98 Å². The molecule has 0 unspecified atom stereocenters. The number of aromatic nitrogens is 2. The van der Waals surface area contributed by atoms with Crippen LogP contribution in [0.15, 0.2) is 9.95 Å². The number of piperidine rings is 1. The van der Waals surface area contributed by atoms with Crippen LogP contribution in [0.1, 0.15) is 50.1 Å². The normalized spacial score (nSPS) is 16.0. The molecule has 1 amide bonds. The van der Waals surface area contributed by atoms with E-state index in [9.17, 15) is 9.59 Å². The molecule has 0 N–H and O–H groups in total. The molecule has 5 nitrogen and oxygen atoms in total. The molecule has 2 aromatic heterocycles. The maximum atomic E-state index is 13.0. The molecule has 0 bridgehead atoms. The second-order valence-corrected chi connectivity index (χ2v) is 9.62. The van der Waals surface area contributed by atoms with Crippen LogP contribution in [0.25, 0.3) is 10.2 Å². The van der Waals surface area contributed by atoms with Gasteiger partial charge in [-0.05, 0) is 52.0 Å². The molecular formula is C19H27N3O2S2. The molecule has 0 spiro atoms. The van der Waals surface area contributed by atoms with E-state index in [1.807, 2.05) is 32.6 Å². The van der Waals surface area contributed by atoms with E-state index in [0.717, 1.165) is 46.6 Å². The maximum Gasteiger partial charge on any atom is 0.263 e. The van der Waals surface area contributed by atoms with Crippen LogP contribution in [0.4, 0.5) is 0 Å². The van der Waals surface area contributed by atoms with Crippen molar-refractivity contribution in [3.05, 3.63) is 20.8 Å². The Bertz CT molecular complexity index is 877. The summed E-state index contributed by atoms with van der Waals surface area (Å²) in [6, 6.07) is 0.00689. The Hall–Kier alpha value is -1.34. The Morgan fingerprint density at radius 1 is 1.31 bits per heavy atom. The number of thioether (sulfide) groups is 1. The molecule has 7 heteroatoms. The van der Waals surface area contributed by atoms with Crippen LogP contribution in [-0.2, 0) is 4.79 Å². The van der Waals surface area contributed by atoms with E-state index in [1.165, 1.54) is 11.8 Å². The van der Waals surface area contributed by atoms with Crippen molar-refractivity contribution in [3.8, 4) is 0 Å². The first kappa shape index (κ1) is 19.4. The standard InChI is InChI=1S/C19H27N3O2S2/c1-11(2)22-18(24)16-13(4)14(5)26-17(16)20-19(22)25-10-15(23)21-8-6-12(3)7-9-21/h11-12H,6-10H2,1-5H3. The summed E-state index contributed by atoms with van der Waals surface area (Å²) >= 11 is 2.95. The number of hydrogen-bond donors (Lipinski definition) is 0. The molecular weight excluding hydrogens is 366 g/mol. The Morgan fingerprint density at radius 2 is 1.96 bits per heavy atom. The highest BCUT2D eigenvalue weighted by molar-refractivity contribution is 7.99. The lowest BCUT2D eigenvalue weighted by atomic mass is 9.99. The Labute approximate surface area is 162 Å². The summed E-state index contributed by atoms with van der Waals surface area (Å²) in [5.74, 6) is 1.18. The summed E-state index contributed by atoms with van der Waals surface area (Å²) in [4.78, 5) is 34.2. The lowest BCUT2D eigenvalue weighted by molar-refractivity contribution is -0.129. The zero-order valence-corrected chi connectivity index (χ0v) is 17.8. The molecule has 1 saturated heterocycles. The molecule has 142 valence electrons. The summed E-state index contributed by atoms with van der Waals surface area (Å²) in [6.45, 7) is 11.9. The van der Waals surface area contributed by atoms with Gasteiger partial charge in [0.1, 0.15) is 4.83 Å². The molecule has 3 heterocycles. The van der Waals surface area contributed by atoms with E-state index in [0.29, 0.717) is 16.8 Å². The first-order valence-corrected chi connectivity index (χ1v) is 11.0. The van der Waals surface area contributed by atoms with Crippen molar-refractivity contribution in [1.29, 1.82) is 0 Å². The lowest BCUT2D eigenvalue weighted by Crippen LogP contribution is -2.39. The van der Waals surface area contributed by atoms with Gasteiger partial charge in [-0.3, -0.25) is 14.2 Å². The van der Waals surface area contributed by atoms with Gasteiger partial charge in [0.15, 0.2) is 5.16 Å². The smallest absolute Gasteiger partial charge is 0.263 e. The van der Waals surface area contributed by atoms with Crippen LogP contribution < -0.4 is 5.56 Å². The number of amides is 1. The molecule has 0 saturated carbocycles. The minimum Gasteiger partial charge on any atom is -0.342 e. The zero-order chi connectivity index (χ0) is 19.0. The number of likely N-dealkylation sites (tertiary alicyclic amines) is 1. The van der Waals surface area contributed by atoms with Gasteiger partial charge >= 0.3 is 0 Å². The zero-order valence-electron chi connectivity index (χ0n) is 16.2. The molecule has 1 fully saturated rings. The van der Waals surface area contributed by atoms with Crippen molar-refractivity contribution in [2.75, 3.05) is 18.8 Å². The highest BCUT2D eigenvalue weighted by Crippen LogP contribution is 2.29. The minimum atomic E-state index is 0.00689. The predicted molar refractivity (Wildman–Crippen MR) is 109 cm³/mol. The molecule has 1 aliphatic rings. The van der Waals surface area contributed by atoms with Gasteiger partial charge in [-0.1, -0.05) is 18.7 Å². The van der Waals surface area contributed by atoms with E-state index in [1.54, 1.807) is 15.9 Å². The molecule has 26 heavy (non-hydrogen) atoms. The van der Waals surface area contributed by atoms with Crippen molar-refractivity contribution in [1.82, 2.24) is 14.5 Å². The van der Waals surface area contributed by atoms with E-state index < -0.39 is 0 Å². The Balaban J connectivity index is 1.86. The average molecular weight is 394 g/mol. The molecule has 1 aliphatic heterocycles. The first-order chi connectivity index (χ1) is 12.3. The molecule has 2 aromatic rings. The van der Waals surface area contributed by atoms with E-state index >= 15 is 0 Å². The van der Waals surface area contributed by atoms with E-state index in [2.05, 4.69) is 6.92 Å². The van der Waals surface area contributed by atoms with Crippen LogP contribution in [0.5, 0.6) is 0 Å².